The van der Waals surface area contributed by atoms with E-state index in [1.54, 1.807) is 32.0 Å². The summed E-state index contributed by atoms with van der Waals surface area (Å²) in [6.07, 6.45) is 0.386. The van der Waals surface area contributed by atoms with Crippen LogP contribution in [0.5, 0.6) is 0 Å². The molecule has 2 heterocycles. The highest BCUT2D eigenvalue weighted by molar-refractivity contribution is 7.92. The van der Waals surface area contributed by atoms with Crippen LogP contribution in [0.3, 0.4) is 0 Å². The van der Waals surface area contributed by atoms with Crippen LogP contribution in [-0.2, 0) is 9.84 Å². The van der Waals surface area contributed by atoms with E-state index in [-0.39, 0.29) is 34.8 Å². The number of sulfone groups is 1. The van der Waals surface area contributed by atoms with Gasteiger partial charge in [0.15, 0.2) is 20.8 Å². The van der Waals surface area contributed by atoms with Crippen molar-refractivity contribution in [2.75, 3.05) is 18.8 Å². The van der Waals surface area contributed by atoms with Gasteiger partial charge >= 0.3 is 0 Å². The normalized spacial score (nSPS) is 18.9. The van der Waals surface area contributed by atoms with Crippen LogP contribution in [0.25, 0.3) is 22.3 Å². The predicted molar refractivity (Wildman–Crippen MR) is 116 cm³/mol. The third-order valence-electron chi connectivity index (χ3n) is 5.76. The molecule has 0 saturated carbocycles. The lowest BCUT2D eigenvalue weighted by molar-refractivity contribution is 0.0768. The summed E-state index contributed by atoms with van der Waals surface area (Å²) < 4.78 is 30.5. The monoisotopic (exact) mass is 425 g/mol. The molecule has 1 aliphatic heterocycles. The third-order valence-corrected chi connectivity index (χ3v) is 7.98. The number of benzene rings is 2. The van der Waals surface area contributed by atoms with Gasteiger partial charge in [-0.15, -0.1) is 0 Å². The summed E-state index contributed by atoms with van der Waals surface area (Å²) in [5.41, 5.74) is 1.56. The van der Waals surface area contributed by atoms with Crippen LogP contribution in [0.1, 0.15) is 29.3 Å². The first-order valence-electron chi connectivity index (χ1n) is 9.92. The van der Waals surface area contributed by atoms with Crippen LogP contribution < -0.4 is 5.43 Å². The van der Waals surface area contributed by atoms with Gasteiger partial charge in [0.05, 0.1) is 22.0 Å². The van der Waals surface area contributed by atoms with Crippen molar-refractivity contribution in [2.45, 2.75) is 25.5 Å². The van der Waals surface area contributed by atoms with Crippen molar-refractivity contribution in [3.05, 3.63) is 69.9 Å². The maximum Gasteiger partial charge on any atom is 0.257 e. The van der Waals surface area contributed by atoms with Crippen molar-refractivity contribution >= 4 is 26.7 Å². The molecule has 2 aromatic carbocycles. The number of carbonyl (C=O) groups excluding carboxylic acids is 1. The maximum absolute atomic E-state index is 13.3. The third kappa shape index (κ3) is 3.54. The lowest BCUT2D eigenvalue weighted by Gasteiger charge is -2.20. The van der Waals surface area contributed by atoms with E-state index >= 15 is 0 Å². The van der Waals surface area contributed by atoms with Crippen molar-refractivity contribution in [1.29, 1.82) is 0 Å². The second-order valence-corrected chi connectivity index (χ2v) is 10.2. The molecule has 0 spiro atoms. The Bertz CT molecular complexity index is 1280. The Morgan fingerprint density at radius 2 is 1.80 bits per heavy atom. The maximum atomic E-state index is 13.3. The average molecular weight is 426 g/mol. The number of hydrogen-bond acceptors (Lipinski definition) is 5. The summed E-state index contributed by atoms with van der Waals surface area (Å²) in [4.78, 5) is 27.8. The summed E-state index contributed by atoms with van der Waals surface area (Å²) in [5, 5.41) is -0.137. The molecule has 156 valence electrons. The van der Waals surface area contributed by atoms with Gasteiger partial charge in [-0.05, 0) is 32.4 Å². The number of hydrogen-bond donors (Lipinski definition) is 0. The number of fused-ring (bicyclic) bond motifs is 1. The van der Waals surface area contributed by atoms with E-state index in [9.17, 15) is 18.0 Å². The predicted octanol–water partition coefficient (Wildman–Crippen LogP) is 3.42. The zero-order valence-electron chi connectivity index (χ0n) is 16.9. The fourth-order valence-corrected chi connectivity index (χ4v) is 5.13. The second-order valence-electron chi connectivity index (χ2n) is 7.69. The van der Waals surface area contributed by atoms with Crippen LogP contribution in [0, 0.1) is 6.92 Å². The highest BCUT2D eigenvalue weighted by Gasteiger charge is 2.30. The van der Waals surface area contributed by atoms with Crippen LogP contribution in [0.4, 0.5) is 0 Å². The molecule has 0 radical (unpaired) electrons. The number of para-hydroxylation sites is 1. The Labute approximate surface area is 175 Å². The number of nitrogens with zero attached hydrogens (tertiary/aromatic N) is 1. The van der Waals surface area contributed by atoms with Gasteiger partial charge < -0.3 is 9.32 Å². The molecule has 0 bridgehead atoms. The molecule has 0 aliphatic carbocycles. The SMILES string of the molecule is Cc1c(-c2ccccc2)oc2c(C(=O)N3CCC(C)S(=O)(=O)CC3)cccc2c1=O. The number of rotatable bonds is 2. The molecule has 1 atom stereocenters. The average Bonchev–Trinajstić information content (AvgIpc) is 2.88. The molecule has 4 rings (SSSR count). The van der Waals surface area contributed by atoms with Gasteiger partial charge in [0.2, 0.25) is 0 Å². The Hall–Kier alpha value is -2.93. The van der Waals surface area contributed by atoms with Crippen molar-refractivity contribution < 1.29 is 17.6 Å². The van der Waals surface area contributed by atoms with Gasteiger partial charge in [0.1, 0.15) is 5.76 Å². The summed E-state index contributed by atoms with van der Waals surface area (Å²) in [6.45, 7) is 3.86. The van der Waals surface area contributed by atoms with Crippen LogP contribution in [0.15, 0.2) is 57.7 Å². The van der Waals surface area contributed by atoms with Crippen molar-refractivity contribution in [3.63, 3.8) is 0 Å². The van der Waals surface area contributed by atoms with Crippen LogP contribution in [0.2, 0.25) is 0 Å². The molecular weight excluding hydrogens is 402 g/mol. The quantitative estimate of drug-likeness (QED) is 0.628. The van der Waals surface area contributed by atoms with Crippen LogP contribution in [-0.4, -0.2) is 43.3 Å². The van der Waals surface area contributed by atoms with Gasteiger partial charge in [0, 0.05) is 24.2 Å². The first-order valence-corrected chi connectivity index (χ1v) is 11.6. The molecule has 1 aromatic heterocycles. The van der Waals surface area contributed by atoms with Crippen molar-refractivity contribution in [3.8, 4) is 11.3 Å². The van der Waals surface area contributed by atoms with E-state index in [2.05, 4.69) is 0 Å². The van der Waals surface area contributed by atoms with E-state index in [1.807, 2.05) is 30.3 Å². The van der Waals surface area contributed by atoms with E-state index in [0.29, 0.717) is 29.7 Å². The van der Waals surface area contributed by atoms with E-state index < -0.39 is 15.1 Å². The Morgan fingerprint density at radius 3 is 2.53 bits per heavy atom. The molecule has 3 aromatic rings. The minimum Gasteiger partial charge on any atom is -0.455 e. The smallest absolute Gasteiger partial charge is 0.257 e. The molecule has 30 heavy (non-hydrogen) atoms. The zero-order chi connectivity index (χ0) is 21.5. The largest absolute Gasteiger partial charge is 0.455 e. The van der Waals surface area contributed by atoms with Gasteiger partial charge in [-0.25, -0.2) is 8.42 Å². The fourth-order valence-electron chi connectivity index (χ4n) is 3.78. The van der Waals surface area contributed by atoms with Crippen LogP contribution >= 0.6 is 0 Å². The molecule has 6 nitrogen and oxygen atoms in total. The Balaban J connectivity index is 1.83. The second kappa shape index (κ2) is 7.72. The molecule has 1 unspecified atom stereocenters. The lowest BCUT2D eigenvalue weighted by Crippen LogP contribution is -2.33. The summed E-state index contributed by atoms with van der Waals surface area (Å²) in [5.74, 6) is 0.0412. The van der Waals surface area contributed by atoms with E-state index in [0.717, 1.165) is 5.56 Å². The minimum absolute atomic E-state index is 0.0665. The Kier molecular flexibility index (Phi) is 5.24. The molecule has 0 N–H and O–H groups in total. The molecule has 1 amide bonds. The van der Waals surface area contributed by atoms with Crippen molar-refractivity contribution in [1.82, 2.24) is 4.90 Å². The van der Waals surface area contributed by atoms with Crippen molar-refractivity contribution in [2.24, 2.45) is 0 Å². The summed E-state index contributed by atoms with van der Waals surface area (Å²) in [6, 6.07) is 14.2. The first kappa shape index (κ1) is 20.3. The van der Waals surface area contributed by atoms with Gasteiger partial charge in [-0.3, -0.25) is 9.59 Å². The summed E-state index contributed by atoms with van der Waals surface area (Å²) >= 11 is 0. The Morgan fingerprint density at radius 1 is 1.07 bits per heavy atom. The molecule has 1 fully saturated rings. The van der Waals surface area contributed by atoms with Gasteiger partial charge in [-0.2, -0.15) is 0 Å². The number of carbonyl (C=O) groups is 1. The topological polar surface area (TPSA) is 84.7 Å². The van der Waals surface area contributed by atoms with E-state index in [4.69, 9.17) is 4.42 Å². The molecule has 7 heteroatoms. The standard InChI is InChI=1S/C23H23NO5S/c1-15-11-12-24(13-14-30(15,27)28)23(26)19-10-6-9-18-20(25)16(2)21(29-22(18)19)17-7-4-3-5-8-17/h3-10,15H,11-14H2,1-2H3. The number of amides is 1. The molecular formula is C23H23NO5S. The van der Waals surface area contributed by atoms with Gasteiger partial charge in [0.25, 0.3) is 5.91 Å². The molecule has 1 saturated heterocycles. The molecule has 1 aliphatic rings. The highest BCUT2D eigenvalue weighted by Crippen LogP contribution is 2.28. The fraction of sp³-hybridized carbons (Fsp3) is 0.304. The highest BCUT2D eigenvalue weighted by atomic mass is 32.2. The summed E-state index contributed by atoms with van der Waals surface area (Å²) in [7, 11) is -3.21. The first-order chi connectivity index (χ1) is 14.3. The van der Waals surface area contributed by atoms with E-state index in [1.165, 1.54) is 4.90 Å². The minimum atomic E-state index is -3.21. The lowest BCUT2D eigenvalue weighted by atomic mass is 10.0. The zero-order valence-corrected chi connectivity index (χ0v) is 17.7. The van der Waals surface area contributed by atoms with Gasteiger partial charge in [-0.1, -0.05) is 36.4 Å².